The second-order valence-electron chi connectivity index (χ2n) is 12.3. The Kier molecular flexibility index (Phi) is 5.42. The van der Waals surface area contributed by atoms with Crippen LogP contribution in [0.15, 0.2) is 140 Å². The van der Waals surface area contributed by atoms with E-state index >= 15 is 0 Å². The van der Waals surface area contributed by atoms with Gasteiger partial charge in [-0.3, -0.25) is 5.41 Å². The van der Waals surface area contributed by atoms with Gasteiger partial charge >= 0.3 is 0 Å². The van der Waals surface area contributed by atoms with E-state index in [-0.39, 0.29) is 11.3 Å². The van der Waals surface area contributed by atoms with Gasteiger partial charge in [0.05, 0.1) is 5.41 Å². The number of amidine groups is 1. The molecule has 0 spiro atoms. The smallest absolute Gasteiger partial charge is 0.122 e. The van der Waals surface area contributed by atoms with Crippen LogP contribution in [0.5, 0.6) is 0 Å². The first-order valence-corrected chi connectivity index (χ1v) is 14.9. The fourth-order valence-electron chi connectivity index (χ4n) is 7.81. The number of hydrogen-bond donors (Lipinski definition) is 2. The van der Waals surface area contributed by atoms with E-state index in [1.807, 2.05) is 6.07 Å². The molecule has 0 fully saturated rings. The number of benzene rings is 6. The molecule has 6 aromatic rings. The van der Waals surface area contributed by atoms with Crippen LogP contribution in [0, 0.1) is 5.41 Å². The molecule has 2 aliphatic rings. The fraction of sp³-hybridized carbons (Fsp3) is 0.0976. The largest absolute Gasteiger partial charge is 0.384 e. The highest BCUT2D eigenvalue weighted by molar-refractivity contribution is 5.98. The zero-order valence-electron chi connectivity index (χ0n) is 24.4. The highest BCUT2D eigenvalue weighted by Gasteiger charge is 2.47. The summed E-state index contributed by atoms with van der Waals surface area (Å²) >= 11 is 0. The summed E-state index contributed by atoms with van der Waals surface area (Å²) in [6, 6.07) is 50.9. The van der Waals surface area contributed by atoms with Crippen LogP contribution in [0.4, 0.5) is 0 Å². The van der Waals surface area contributed by atoms with Crippen molar-refractivity contribution in [3.8, 4) is 33.4 Å². The van der Waals surface area contributed by atoms with Crippen LogP contribution < -0.4 is 5.73 Å². The first kappa shape index (κ1) is 25.5. The Morgan fingerprint density at radius 1 is 0.512 bits per heavy atom. The maximum atomic E-state index is 8.00. The van der Waals surface area contributed by atoms with E-state index in [0.29, 0.717) is 0 Å². The van der Waals surface area contributed by atoms with E-state index in [4.69, 9.17) is 11.1 Å². The Morgan fingerprint density at radius 3 is 1.74 bits per heavy atom. The molecule has 0 atom stereocenters. The number of nitrogen functional groups attached to an aromatic ring is 1. The van der Waals surface area contributed by atoms with Crippen molar-refractivity contribution in [2.24, 2.45) is 5.73 Å². The minimum Gasteiger partial charge on any atom is -0.384 e. The summed E-state index contributed by atoms with van der Waals surface area (Å²) in [7, 11) is 0. The van der Waals surface area contributed by atoms with Gasteiger partial charge in [-0.05, 0) is 78.9 Å². The molecular formula is C41H32N2. The summed E-state index contributed by atoms with van der Waals surface area (Å²) in [5, 5.41) is 8.00. The molecule has 0 saturated carbocycles. The minimum atomic E-state index is -0.417. The average molecular weight is 553 g/mol. The van der Waals surface area contributed by atoms with Gasteiger partial charge in [0.15, 0.2) is 0 Å². The van der Waals surface area contributed by atoms with Crippen molar-refractivity contribution in [1.82, 2.24) is 0 Å². The highest BCUT2D eigenvalue weighted by Crippen LogP contribution is 2.58. The number of hydrogen-bond acceptors (Lipinski definition) is 1. The van der Waals surface area contributed by atoms with Gasteiger partial charge in [0, 0.05) is 11.0 Å². The normalized spacial score (nSPS) is 14.8. The molecule has 2 aliphatic carbocycles. The van der Waals surface area contributed by atoms with Crippen molar-refractivity contribution in [1.29, 1.82) is 5.41 Å². The lowest BCUT2D eigenvalue weighted by molar-refractivity contribution is 0.660. The molecule has 0 radical (unpaired) electrons. The SMILES string of the molecule is CC1(C)c2cc(C(=N)N)ccc2-c2ccc(-c3cccc4c3-c3ccccc3C4(c3ccccc3)c3ccccc3)cc21. The summed E-state index contributed by atoms with van der Waals surface area (Å²) in [6.07, 6.45) is 0. The molecule has 0 bridgehead atoms. The predicted molar refractivity (Wildman–Crippen MR) is 178 cm³/mol. The lowest BCUT2D eigenvalue weighted by Gasteiger charge is -2.34. The van der Waals surface area contributed by atoms with Gasteiger partial charge in [-0.25, -0.2) is 0 Å². The topological polar surface area (TPSA) is 49.9 Å². The third-order valence-electron chi connectivity index (χ3n) is 9.78. The molecule has 0 unspecified atom stereocenters. The van der Waals surface area contributed by atoms with E-state index in [1.54, 1.807) is 0 Å². The molecule has 0 amide bonds. The van der Waals surface area contributed by atoms with Crippen LogP contribution in [0.2, 0.25) is 0 Å². The lowest BCUT2D eigenvalue weighted by atomic mass is 9.67. The van der Waals surface area contributed by atoms with Gasteiger partial charge in [-0.15, -0.1) is 0 Å². The maximum Gasteiger partial charge on any atom is 0.122 e. The van der Waals surface area contributed by atoms with Crippen LogP contribution in [-0.2, 0) is 10.8 Å². The molecule has 0 heterocycles. The first-order chi connectivity index (χ1) is 20.9. The number of nitrogens with two attached hydrogens (primary N) is 1. The van der Waals surface area contributed by atoms with Gasteiger partial charge in [-0.2, -0.15) is 0 Å². The third kappa shape index (κ3) is 3.44. The quantitative estimate of drug-likeness (QED) is 0.166. The Bertz CT molecular complexity index is 2030. The summed E-state index contributed by atoms with van der Waals surface area (Å²) in [4.78, 5) is 0. The number of nitrogens with one attached hydrogen (secondary N) is 1. The van der Waals surface area contributed by atoms with Crippen molar-refractivity contribution >= 4 is 5.84 Å². The second kappa shape index (κ2) is 9.14. The Labute approximate surface area is 253 Å². The van der Waals surface area contributed by atoms with Gasteiger partial charge in [0.2, 0.25) is 0 Å². The van der Waals surface area contributed by atoms with E-state index in [1.165, 1.54) is 66.8 Å². The van der Waals surface area contributed by atoms with Crippen LogP contribution in [0.1, 0.15) is 52.8 Å². The molecule has 2 nitrogen and oxygen atoms in total. The molecule has 0 aromatic heterocycles. The van der Waals surface area contributed by atoms with Crippen LogP contribution >= 0.6 is 0 Å². The number of fused-ring (bicyclic) bond motifs is 6. The van der Waals surface area contributed by atoms with Gasteiger partial charge in [0.25, 0.3) is 0 Å². The third-order valence-corrected chi connectivity index (χ3v) is 9.78. The van der Waals surface area contributed by atoms with Crippen LogP contribution in [0.25, 0.3) is 33.4 Å². The van der Waals surface area contributed by atoms with E-state index in [9.17, 15) is 0 Å². The van der Waals surface area contributed by atoms with Crippen molar-refractivity contribution in [3.05, 3.63) is 178 Å². The fourth-order valence-corrected chi connectivity index (χ4v) is 7.81. The predicted octanol–water partition coefficient (Wildman–Crippen LogP) is 9.31. The minimum absolute atomic E-state index is 0.106. The molecule has 8 rings (SSSR count). The summed E-state index contributed by atoms with van der Waals surface area (Å²) in [6.45, 7) is 4.57. The van der Waals surface area contributed by atoms with E-state index < -0.39 is 5.41 Å². The van der Waals surface area contributed by atoms with Crippen molar-refractivity contribution in [3.63, 3.8) is 0 Å². The molecule has 43 heavy (non-hydrogen) atoms. The first-order valence-electron chi connectivity index (χ1n) is 14.9. The molecule has 0 saturated heterocycles. The second-order valence-corrected chi connectivity index (χ2v) is 12.3. The molecule has 0 aliphatic heterocycles. The van der Waals surface area contributed by atoms with Gasteiger partial charge < -0.3 is 5.73 Å². The standard InChI is InChI=1S/C41H32N2/c1-40(2)36-24-26(20-22-31(36)32-23-21-27(39(42)43)25-37(32)40)30-17-11-19-35-38(30)33-16-9-10-18-34(33)41(35,28-12-5-3-6-13-28)29-14-7-4-8-15-29/h3-25H,1-2H3,(H3,42,43). The zero-order valence-corrected chi connectivity index (χ0v) is 24.4. The summed E-state index contributed by atoms with van der Waals surface area (Å²) in [5.41, 5.74) is 21.3. The van der Waals surface area contributed by atoms with E-state index in [0.717, 1.165) is 5.56 Å². The van der Waals surface area contributed by atoms with Crippen molar-refractivity contribution in [2.75, 3.05) is 0 Å². The molecule has 3 N–H and O–H groups in total. The molecule has 206 valence electrons. The van der Waals surface area contributed by atoms with Crippen molar-refractivity contribution < 1.29 is 0 Å². The Morgan fingerprint density at radius 2 is 1.07 bits per heavy atom. The maximum absolute atomic E-state index is 8.00. The zero-order chi connectivity index (χ0) is 29.3. The van der Waals surface area contributed by atoms with E-state index in [2.05, 4.69) is 147 Å². The summed E-state index contributed by atoms with van der Waals surface area (Å²) < 4.78 is 0. The molecule has 2 heteroatoms. The highest BCUT2D eigenvalue weighted by atomic mass is 14.7. The monoisotopic (exact) mass is 552 g/mol. The van der Waals surface area contributed by atoms with Gasteiger partial charge in [0.1, 0.15) is 5.84 Å². The summed E-state index contributed by atoms with van der Waals surface area (Å²) in [5.74, 6) is 0.106. The Balaban J connectivity index is 1.39. The van der Waals surface area contributed by atoms with Crippen LogP contribution in [-0.4, -0.2) is 5.84 Å². The molecular weight excluding hydrogens is 520 g/mol. The van der Waals surface area contributed by atoms with Crippen LogP contribution in [0.3, 0.4) is 0 Å². The number of rotatable bonds is 4. The lowest BCUT2D eigenvalue weighted by Crippen LogP contribution is -2.28. The van der Waals surface area contributed by atoms with Crippen molar-refractivity contribution in [2.45, 2.75) is 24.7 Å². The Hall–Kier alpha value is -5.21. The average Bonchev–Trinajstić information content (AvgIpc) is 3.48. The van der Waals surface area contributed by atoms with Gasteiger partial charge in [-0.1, -0.05) is 141 Å². The molecule has 6 aromatic carbocycles.